The summed E-state index contributed by atoms with van der Waals surface area (Å²) in [6, 6.07) is 16.3. The van der Waals surface area contributed by atoms with Gasteiger partial charge in [0.2, 0.25) is 0 Å². The Morgan fingerprint density at radius 1 is 1.07 bits per heavy atom. The molecule has 2 aliphatic heterocycles. The number of fused-ring (bicyclic) bond motifs is 1. The molecule has 142 valence electrons. The Kier molecular flexibility index (Phi) is 5.30. The van der Waals surface area contributed by atoms with E-state index in [2.05, 4.69) is 29.2 Å². The van der Waals surface area contributed by atoms with Crippen LogP contribution in [0.1, 0.15) is 24.0 Å². The number of carbonyl (C=O) groups is 1. The lowest BCUT2D eigenvalue weighted by molar-refractivity contribution is -0.143. The van der Waals surface area contributed by atoms with Crippen molar-refractivity contribution < 1.29 is 19.4 Å². The van der Waals surface area contributed by atoms with Crippen LogP contribution < -0.4 is 9.47 Å². The molecule has 2 aromatic carbocycles. The van der Waals surface area contributed by atoms with Crippen molar-refractivity contribution in [1.29, 1.82) is 0 Å². The molecule has 0 spiro atoms. The van der Waals surface area contributed by atoms with Gasteiger partial charge in [-0.25, -0.2) is 0 Å². The number of hydrogen-bond acceptors (Lipinski definition) is 4. The van der Waals surface area contributed by atoms with Crippen LogP contribution in [0, 0.1) is 5.92 Å². The molecule has 0 bridgehead atoms. The fourth-order valence-corrected chi connectivity index (χ4v) is 3.87. The second-order valence-corrected chi connectivity index (χ2v) is 7.43. The fourth-order valence-electron chi connectivity index (χ4n) is 3.87. The van der Waals surface area contributed by atoms with E-state index in [1.807, 2.05) is 24.3 Å². The zero-order chi connectivity index (χ0) is 18.6. The quantitative estimate of drug-likeness (QED) is 0.878. The van der Waals surface area contributed by atoms with Gasteiger partial charge < -0.3 is 14.6 Å². The minimum Gasteiger partial charge on any atom is -0.486 e. The van der Waals surface area contributed by atoms with E-state index in [4.69, 9.17) is 9.47 Å². The lowest BCUT2D eigenvalue weighted by atomic mass is 9.97. The van der Waals surface area contributed by atoms with Crippen molar-refractivity contribution in [2.24, 2.45) is 5.92 Å². The van der Waals surface area contributed by atoms with Crippen molar-refractivity contribution in [3.8, 4) is 11.5 Å². The summed E-state index contributed by atoms with van der Waals surface area (Å²) >= 11 is 0. The first-order valence-corrected chi connectivity index (χ1v) is 9.59. The summed E-state index contributed by atoms with van der Waals surface area (Å²) in [7, 11) is 0. The van der Waals surface area contributed by atoms with E-state index in [9.17, 15) is 9.90 Å². The molecule has 4 rings (SSSR count). The molecule has 27 heavy (non-hydrogen) atoms. The number of aliphatic carboxylic acids is 1. The molecule has 2 heterocycles. The van der Waals surface area contributed by atoms with Crippen LogP contribution in [0.4, 0.5) is 0 Å². The standard InChI is InChI=1S/C22H25NO4/c24-22(25)18-4-3-11-23(14-18)13-17-9-7-16(8-10-17)12-19-15-26-20-5-1-2-6-21(20)27-19/h1-2,5-10,18-19H,3-4,11-15H2,(H,24,25)/t18-,19?/m0/s1. The molecule has 1 N–H and O–H groups in total. The maximum absolute atomic E-state index is 11.2. The molecule has 1 unspecified atom stereocenters. The number of likely N-dealkylation sites (tertiary alicyclic amines) is 1. The minimum absolute atomic E-state index is 0.0177. The Bertz CT molecular complexity index is 789. The van der Waals surface area contributed by atoms with E-state index in [-0.39, 0.29) is 12.0 Å². The normalized spacial score (nSPS) is 22.4. The molecule has 0 aromatic heterocycles. The Morgan fingerprint density at radius 3 is 2.59 bits per heavy atom. The maximum Gasteiger partial charge on any atom is 0.307 e. The van der Waals surface area contributed by atoms with Crippen molar-refractivity contribution in [3.05, 3.63) is 59.7 Å². The van der Waals surface area contributed by atoms with E-state index in [0.717, 1.165) is 43.9 Å². The fraction of sp³-hybridized carbons (Fsp3) is 0.409. The summed E-state index contributed by atoms with van der Waals surface area (Å²) in [5.41, 5.74) is 2.43. The number of ether oxygens (including phenoxy) is 2. The highest BCUT2D eigenvalue weighted by Gasteiger charge is 2.25. The van der Waals surface area contributed by atoms with E-state index in [1.165, 1.54) is 11.1 Å². The lowest BCUT2D eigenvalue weighted by Gasteiger charge is -2.30. The number of carboxylic acid groups (broad SMARTS) is 1. The summed E-state index contributed by atoms with van der Waals surface area (Å²) in [5, 5.41) is 9.23. The summed E-state index contributed by atoms with van der Waals surface area (Å²) in [6.45, 7) is 2.98. The van der Waals surface area contributed by atoms with Crippen LogP contribution in [-0.2, 0) is 17.8 Å². The SMILES string of the molecule is O=C(O)[C@H]1CCCN(Cc2ccc(CC3COc4ccccc4O3)cc2)C1. The molecule has 2 aromatic rings. The highest BCUT2D eigenvalue weighted by Crippen LogP contribution is 2.31. The second kappa shape index (κ2) is 8.01. The van der Waals surface area contributed by atoms with Crippen LogP contribution in [0.15, 0.2) is 48.5 Å². The van der Waals surface area contributed by atoms with E-state index < -0.39 is 5.97 Å². The van der Waals surface area contributed by atoms with Crippen LogP contribution in [0.3, 0.4) is 0 Å². The average Bonchev–Trinajstić information content (AvgIpc) is 2.70. The summed E-state index contributed by atoms with van der Waals surface area (Å²) in [5.74, 6) is 0.712. The van der Waals surface area contributed by atoms with Gasteiger partial charge in [0.05, 0.1) is 5.92 Å². The van der Waals surface area contributed by atoms with Gasteiger partial charge in [0, 0.05) is 19.5 Å². The van der Waals surface area contributed by atoms with Gasteiger partial charge in [-0.05, 0) is 42.6 Å². The van der Waals surface area contributed by atoms with Gasteiger partial charge in [0.25, 0.3) is 0 Å². The van der Waals surface area contributed by atoms with Crippen molar-refractivity contribution in [2.75, 3.05) is 19.7 Å². The molecule has 1 fully saturated rings. The molecule has 5 nitrogen and oxygen atoms in total. The Hall–Kier alpha value is -2.53. The van der Waals surface area contributed by atoms with Crippen molar-refractivity contribution >= 4 is 5.97 Å². The smallest absolute Gasteiger partial charge is 0.307 e. The van der Waals surface area contributed by atoms with Crippen LogP contribution in [0.25, 0.3) is 0 Å². The molecule has 5 heteroatoms. The van der Waals surface area contributed by atoms with Gasteiger partial charge in [-0.1, -0.05) is 36.4 Å². The van der Waals surface area contributed by atoms with Gasteiger partial charge in [-0.15, -0.1) is 0 Å². The average molecular weight is 367 g/mol. The van der Waals surface area contributed by atoms with Gasteiger partial charge in [0.1, 0.15) is 12.7 Å². The highest BCUT2D eigenvalue weighted by molar-refractivity contribution is 5.70. The lowest BCUT2D eigenvalue weighted by Crippen LogP contribution is -2.38. The minimum atomic E-state index is -0.675. The number of benzene rings is 2. The molecular weight excluding hydrogens is 342 g/mol. The first-order chi connectivity index (χ1) is 13.2. The predicted molar refractivity (Wildman–Crippen MR) is 102 cm³/mol. The number of hydrogen-bond donors (Lipinski definition) is 1. The third kappa shape index (κ3) is 4.42. The predicted octanol–water partition coefficient (Wildman–Crippen LogP) is 3.37. The largest absolute Gasteiger partial charge is 0.486 e. The van der Waals surface area contributed by atoms with Crippen LogP contribution in [0.5, 0.6) is 11.5 Å². The Morgan fingerprint density at radius 2 is 1.81 bits per heavy atom. The molecule has 0 aliphatic carbocycles. The third-order valence-corrected chi connectivity index (χ3v) is 5.31. The van der Waals surface area contributed by atoms with Gasteiger partial charge in [-0.2, -0.15) is 0 Å². The van der Waals surface area contributed by atoms with E-state index >= 15 is 0 Å². The molecule has 2 aliphatic rings. The third-order valence-electron chi connectivity index (χ3n) is 5.31. The number of para-hydroxylation sites is 2. The first kappa shape index (κ1) is 17.9. The monoisotopic (exact) mass is 367 g/mol. The molecule has 1 saturated heterocycles. The Balaban J connectivity index is 1.32. The topological polar surface area (TPSA) is 59.0 Å². The van der Waals surface area contributed by atoms with Crippen molar-refractivity contribution in [1.82, 2.24) is 4.90 Å². The molecular formula is C22H25NO4. The molecule has 2 atom stereocenters. The van der Waals surface area contributed by atoms with E-state index in [0.29, 0.717) is 13.2 Å². The van der Waals surface area contributed by atoms with Crippen LogP contribution in [0.2, 0.25) is 0 Å². The molecule has 0 amide bonds. The van der Waals surface area contributed by atoms with Crippen LogP contribution in [-0.4, -0.2) is 41.8 Å². The van der Waals surface area contributed by atoms with Crippen molar-refractivity contribution in [2.45, 2.75) is 31.9 Å². The van der Waals surface area contributed by atoms with Crippen LogP contribution >= 0.6 is 0 Å². The highest BCUT2D eigenvalue weighted by atomic mass is 16.6. The molecule has 0 radical (unpaired) electrons. The number of carboxylic acids is 1. The zero-order valence-corrected chi connectivity index (χ0v) is 15.3. The maximum atomic E-state index is 11.2. The summed E-state index contributed by atoms with van der Waals surface area (Å²) < 4.78 is 11.8. The summed E-state index contributed by atoms with van der Waals surface area (Å²) in [4.78, 5) is 13.5. The Labute approximate surface area is 159 Å². The number of rotatable bonds is 5. The van der Waals surface area contributed by atoms with E-state index in [1.54, 1.807) is 0 Å². The molecule has 0 saturated carbocycles. The van der Waals surface area contributed by atoms with Gasteiger partial charge in [0.15, 0.2) is 11.5 Å². The first-order valence-electron chi connectivity index (χ1n) is 9.59. The summed E-state index contributed by atoms with van der Waals surface area (Å²) in [6.07, 6.45) is 2.57. The van der Waals surface area contributed by atoms with Gasteiger partial charge in [-0.3, -0.25) is 9.69 Å². The van der Waals surface area contributed by atoms with Gasteiger partial charge >= 0.3 is 5.97 Å². The van der Waals surface area contributed by atoms with Crippen molar-refractivity contribution in [3.63, 3.8) is 0 Å². The second-order valence-electron chi connectivity index (χ2n) is 7.43. The number of piperidine rings is 1. The number of nitrogens with zero attached hydrogens (tertiary/aromatic N) is 1. The zero-order valence-electron chi connectivity index (χ0n) is 15.3.